The van der Waals surface area contributed by atoms with E-state index in [-0.39, 0.29) is 0 Å². The molecule has 8 aromatic rings. The molecule has 0 amide bonds. The molecule has 3 nitrogen and oxygen atoms in total. The molecule has 2 aliphatic carbocycles. The third-order valence-corrected chi connectivity index (χ3v) is 14.7. The zero-order valence-electron chi connectivity index (χ0n) is 38.7. The minimum Gasteiger partial charge on any atom is -0.345 e. The summed E-state index contributed by atoms with van der Waals surface area (Å²) < 4.78 is 0. The van der Waals surface area contributed by atoms with Crippen LogP contribution in [0.25, 0.3) is 34.1 Å². The summed E-state index contributed by atoms with van der Waals surface area (Å²) in [4.78, 5) is 7.33. The van der Waals surface area contributed by atoms with Crippen LogP contribution in [0, 0.1) is 0 Å². The molecule has 0 N–H and O–H groups in total. The highest BCUT2D eigenvalue weighted by atomic mass is 15.3. The number of hydrogen-bond donors (Lipinski definition) is 0. The van der Waals surface area contributed by atoms with E-state index in [1.807, 2.05) is 0 Å². The highest BCUT2D eigenvalue weighted by Gasteiger charge is 2.51. The summed E-state index contributed by atoms with van der Waals surface area (Å²) in [6, 6.07) is 67.1. The lowest BCUT2D eigenvalue weighted by Crippen LogP contribution is -2.30. The Balaban J connectivity index is 0.906. The number of benzene rings is 8. The molecule has 2 heterocycles. The van der Waals surface area contributed by atoms with E-state index in [9.17, 15) is 0 Å². The Morgan fingerprint density at radius 2 is 1.06 bits per heavy atom. The van der Waals surface area contributed by atoms with Gasteiger partial charge in [-0.25, -0.2) is 0 Å². The van der Waals surface area contributed by atoms with Crippen molar-refractivity contribution in [2.45, 2.75) is 46.0 Å². The van der Waals surface area contributed by atoms with Crippen LogP contribution >= 0.6 is 0 Å². The first-order valence-corrected chi connectivity index (χ1v) is 23.8. The van der Waals surface area contributed by atoms with Gasteiger partial charge in [-0.3, -0.25) is 0 Å². The highest BCUT2D eigenvalue weighted by molar-refractivity contribution is 6.03. The van der Waals surface area contributed by atoms with Crippen LogP contribution < -0.4 is 14.7 Å². The molecule has 1 unspecified atom stereocenters. The number of fused-ring (bicyclic) bond motifs is 8. The maximum absolute atomic E-state index is 2.55. The van der Waals surface area contributed by atoms with Gasteiger partial charge >= 0.3 is 0 Å². The summed E-state index contributed by atoms with van der Waals surface area (Å²) >= 11 is 0. The molecule has 0 radical (unpaired) electrons. The molecule has 1 spiro atoms. The number of para-hydroxylation sites is 6. The third kappa shape index (κ3) is 6.40. The van der Waals surface area contributed by atoms with Gasteiger partial charge in [-0.05, 0) is 185 Å². The molecule has 0 bridgehead atoms. The second-order valence-corrected chi connectivity index (χ2v) is 18.5. The summed E-state index contributed by atoms with van der Waals surface area (Å²) in [5.74, 6) is 0. The number of hydrogen-bond acceptors (Lipinski definition) is 3. The smallest absolute Gasteiger partial charge is 0.0719 e. The first-order chi connectivity index (χ1) is 32.9. The van der Waals surface area contributed by atoms with Crippen molar-refractivity contribution in [2.75, 3.05) is 21.2 Å². The van der Waals surface area contributed by atoms with E-state index in [1.54, 1.807) is 0 Å². The molecule has 0 saturated heterocycles. The van der Waals surface area contributed by atoms with Gasteiger partial charge in [0, 0.05) is 29.3 Å². The summed E-state index contributed by atoms with van der Waals surface area (Å²) in [6.45, 7) is 10.2. The van der Waals surface area contributed by atoms with Gasteiger partial charge in [0.25, 0.3) is 0 Å². The largest absolute Gasteiger partial charge is 0.345 e. The zero-order chi connectivity index (χ0) is 45.2. The molecule has 324 valence electrons. The van der Waals surface area contributed by atoms with Crippen LogP contribution in [0.15, 0.2) is 217 Å². The first-order valence-electron chi connectivity index (χ1n) is 23.8. The lowest BCUT2D eigenvalue weighted by atomic mass is 9.68. The number of anilines is 7. The van der Waals surface area contributed by atoms with Crippen molar-refractivity contribution in [3.05, 3.63) is 256 Å². The first kappa shape index (κ1) is 40.6. The van der Waals surface area contributed by atoms with E-state index in [0.29, 0.717) is 0 Å². The van der Waals surface area contributed by atoms with Crippen LogP contribution in [0.1, 0.15) is 73.1 Å². The fourth-order valence-electron chi connectivity index (χ4n) is 11.7. The van der Waals surface area contributed by atoms with Crippen LogP contribution in [0.4, 0.5) is 39.8 Å². The van der Waals surface area contributed by atoms with Crippen molar-refractivity contribution in [3.63, 3.8) is 0 Å². The quantitative estimate of drug-likeness (QED) is 0.148. The van der Waals surface area contributed by atoms with E-state index in [0.717, 1.165) is 53.5 Å². The molecule has 8 aromatic carbocycles. The number of aryl methyl sites for hydroxylation is 1. The van der Waals surface area contributed by atoms with E-state index >= 15 is 0 Å². The van der Waals surface area contributed by atoms with Crippen LogP contribution in [0.2, 0.25) is 0 Å². The number of nitrogens with zero attached hydrogens (tertiary/aromatic N) is 3. The highest BCUT2D eigenvalue weighted by Crippen LogP contribution is 2.62. The Bertz CT molecular complexity index is 3410. The zero-order valence-corrected chi connectivity index (χ0v) is 38.7. The molecular weight excluding hydrogens is 811 g/mol. The third-order valence-electron chi connectivity index (χ3n) is 14.7. The van der Waals surface area contributed by atoms with E-state index in [2.05, 4.69) is 255 Å². The lowest BCUT2D eigenvalue weighted by Gasteiger charge is -2.40. The molecule has 4 aliphatic rings. The average molecular weight is 864 g/mol. The summed E-state index contributed by atoms with van der Waals surface area (Å²) in [5, 5.41) is 2.42. The molecule has 0 aromatic heterocycles. The number of rotatable bonds is 7. The van der Waals surface area contributed by atoms with Gasteiger partial charge < -0.3 is 14.7 Å². The Morgan fingerprint density at radius 1 is 0.493 bits per heavy atom. The Labute approximate surface area is 395 Å². The van der Waals surface area contributed by atoms with Crippen molar-refractivity contribution in [3.8, 4) is 0 Å². The fraction of sp³-hybridized carbons (Fsp3) is 0.125. The molecular formula is C64H53N3. The Hall–Kier alpha value is -7.88. The average Bonchev–Trinajstić information content (AvgIpc) is 3.76. The van der Waals surface area contributed by atoms with Crippen molar-refractivity contribution in [2.24, 2.45) is 0 Å². The molecule has 67 heavy (non-hydrogen) atoms. The molecule has 3 heteroatoms. The molecule has 0 fully saturated rings. The second kappa shape index (κ2) is 16.2. The molecule has 0 saturated carbocycles. The van der Waals surface area contributed by atoms with Crippen LogP contribution in [-0.4, -0.2) is 6.54 Å². The minimum absolute atomic E-state index is 0.428. The normalized spacial score (nSPS) is 17.5. The van der Waals surface area contributed by atoms with Gasteiger partial charge in [0.15, 0.2) is 0 Å². The van der Waals surface area contributed by atoms with Crippen LogP contribution in [-0.2, 0) is 11.8 Å². The summed E-state index contributed by atoms with van der Waals surface area (Å²) in [6.07, 6.45) is 14.0. The predicted molar refractivity (Wildman–Crippen MR) is 285 cm³/mol. The second-order valence-electron chi connectivity index (χ2n) is 18.5. The lowest BCUT2D eigenvalue weighted by molar-refractivity contribution is 0.737. The van der Waals surface area contributed by atoms with Crippen LogP contribution in [0.3, 0.4) is 0 Å². The summed E-state index contributed by atoms with van der Waals surface area (Å²) in [5.41, 5.74) is 23.8. The molecule has 12 rings (SSSR count). The summed E-state index contributed by atoms with van der Waals surface area (Å²) in [7, 11) is 0. The van der Waals surface area contributed by atoms with E-state index in [4.69, 9.17) is 0 Å². The van der Waals surface area contributed by atoms with E-state index in [1.165, 1.54) is 83.4 Å². The minimum atomic E-state index is -0.428. The van der Waals surface area contributed by atoms with E-state index < -0.39 is 5.41 Å². The van der Waals surface area contributed by atoms with Crippen molar-refractivity contribution < 1.29 is 0 Å². The molecule has 1 atom stereocenters. The van der Waals surface area contributed by atoms with Crippen molar-refractivity contribution in [1.29, 1.82) is 0 Å². The Kier molecular flexibility index (Phi) is 9.83. The number of allylic oxidation sites excluding steroid dienone is 8. The SMILES string of the molecule is C/C=C\C1=C(C)c2ccccc2C12C(/C=C(\C)N1CCCc3ccccc31)=C(C)c1ccc(/C=C/c3ccc4cc(N5c6ccccc6N(c6ccccc6)c6ccccc65)ccc4c3)cc12. The van der Waals surface area contributed by atoms with Gasteiger partial charge in [0.2, 0.25) is 0 Å². The monoisotopic (exact) mass is 863 g/mol. The fourth-order valence-corrected chi connectivity index (χ4v) is 11.7. The Morgan fingerprint density at radius 3 is 1.79 bits per heavy atom. The van der Waals surface area contributed by atoms with Gasteiger partial charge in [-0.1, -0.05) is 140 Å². The molecule has 2 aliphatic heterocycles. The maximum atomic E-state index is 2.55. The van der Waals surface area contributed by atoms with Gasteiger partial charge in [0.05, 0.1) is 28.2 Å². The van der Waals surface area contributed by atoms with Crippen molar-refractivity contribution in [1.82, 2.24) is 0 Å². The topological polar surface area (TPSA) is 9.72 Å². The van der Waals surface area contributed by atoms with Gasteiger partial charge in [-0.2, -0.15) is 0 Å². The van der Waals surface area contributed by atoms with Gasteiger partial charge in [0.1, 0.15) is 0 Å². The predicted octanol–water partition coefficient (Wildman–Crippen LogP) is 17.1. The van der Waals surface area contributed by atoms with Crippen molar-refractivity contribution >= 4 is 73.9 Å². The standard InChI is InChI=1S/C64H53N3/c1-5-18-55-44(3)53-23-10-11-24-56(53)64(55)57(39-43(2)65-38-17-20-48-19-9-12-25-59(48)65)45(4)54-37-33-47(41-58(54)64)31-30-46-32-34-50-42-52(36-35-49(50)40-46)67-62-28-15-13-26-60(62)66(51-21-7-6-8-22-51)61-27-14-16-29-63(61)67/h5-16,18-19,21-37,39-42H,17,20,38H2,1-4H3/b18-5-,31-30+,43-39+. The van der Waals surface area contributed by atoms with Crippen LogP contribution in [0.5, 0.6) is 0 Å². The maximum Gasteiger partial charge on any atom is 0.0719 e. The van der Waals surface area contributed by atoms with Gasteiger partial charge in [-0.15, -0.1) is 0 Å².